The number of aliphatic hydroxyl groups is 2. The molecule has 2 N–H and O–H groups in total. The summed E-state index contributed by atoms with van der Waals surface area (Å²) >= 11 is 0. The van der Waals surface area contributed by atoms with Crippen LogP contribution in [0.25, 0.3) is 0 Å². The zero-order valence-corrected chi connectivity index (χ0v) is 15.7. The SMILES string of the molecule is O=C1CCC/C=C\CC2C(O)CC(O)C2/C=C/C(CCc2ccccc2)O1. The summed E-state index contributed by atoms with van der Waals surface area (Å²) in [7, 11) is 0. The summed E-state index contributed by atoms with van der Waals surface area (Å²) < 4.78 is 5.70. The lowest BCUT2D eigenvalue weighted by Gasteiger charge is -2.20. The molecular weight excluding hydrogens is 340 g/mol. The van der Waals surface area contributed by atoms with Crippen molar-refractivity contribution in [2.45, 2.75) is 63.3 Å². The van der Waals surface area contributed by atoms with E-state index in [0.717, 1.165) is 25.7 Å². The largest absolute Gasteiger partial charge is 0.458 e. The van der Waals surface area contributed by atoms with Gasteiger partial charge >= 0.3 is 5.97 Å². The predicted octanol–water partition coefficient (Wildman–Crippen LogP) is 3.58. The molecule has 0 spiro atoms. The second kappa shape index (κ2) is 9.86. The molecule has 1 saturated carbocycles. The maximum absolute atomic E-state index is 12.2. The first-order valence-electron chi connectivity index (χ1n) is 10.1. The number of aryl methyl sites for hydroxylation is 1. The Hall–Kier alpha value is -1.91. The Labute approximate surface area is 161 Å². The second-order valence-electron chi connectivity index (χ2n) is 7.65. The Morgan fingerprint density at radius 3 is 2.67 bits per heavy atom. The van der Waals surface area contributed by atoms with E-state index in [2.05, 4.69) is 24.3 Å². The summed E-state index contributed by atoms with van der Waals surface area (Å²) in [4.78, 5) is 12.2. The van der Waals surface area contributed by atoms with E-state index in [4.69, 9.17) is 4.74 Å². The molecule has 4 heteroatoms. The number of rotatable bonds is 3. The van der Waals surface area contributed by atoms with Gasteiger partial charge in [-0.1, -0.05) is 48.6 Å². The van der Waals surface area contributed by atoms with E-state index in [1.165, 1.54) is 5.56 Å². The standard InChI is InChI=1S/C23H30O4/c24-21-16-22(25)20-15-14-18(13-12-17-8-4-3-5-9-17)27-23(26)11-7-2-1-6-10-19(20)21/h1,3-6,8-9,14-15,18-22,24-25H,2,7,10-13,16H2/b6-1-,15-14+. The Kier molecular flexibility index (Phi) is 7.25. The molecule has 4 nitrogen and oxygen atoms in total. The number of esters is 1. The first-order valence-corrected chi connectivity index (χ1v) is 10.1. The van der Waals surface area contributed by atoms with E-state index < -0.39 is 12.2 Å². The molecule has 5 unspecified atom stereocenters. The van der Waals surface area contributed by atoms with Crippen molar-refractivity contribution in [3.8, 4) is 0 Å². The van der Waals surface area contributed by atoms with Gasteiger partial charge in [0.1, 0.15) is 6.10 Å². The molecule has 3 rings (SSSR count). The minimum absolute atomic E-state index is 0.0127. The minimum atomic E-state index is -0.551. The summed E-state index contributed by atoms with van der Waals surface area (Å²) in [5.74, 6) is -0.268. The molecule has 1 aromatic rings. The van der Waals surface area contributed by atoms with Gasteiger partial charge in [-0.2, -0.15) is 0 Å². The van der Waals surface area contributed by atoms with Crippen molar-refractivity contribution in [3.05, 3.63) is 60.2 Å². The average molecular weight is 370 g/mol. The van der Waals surface area contributed by atoms with Crippen molar-refractivity contribution < 1.29 is 19.7 Å². The lowest BCUT2D eigenvalue weighted by molar-refractivity contribution is -0.147. The Balaban J connectivity index is 1.73. The maximum atomic E-state index is 12.2. The molecule has 0 aromatic heterocycles. The van der Waals surface area contributed by atoms with Crippen LogP contribution in [0.1, 0.15) is 44.1 Å². The highest BCUT2D eigenvalue weighted by atomic mass is 16.5. The van der Waals surface area contributed by atoms with Gasteiger partial charge in [0.15, 0.2) is 0 Å². The van der Waals surface area contributed by atoms with E-state index in [0.29, 0.717) is 19.3 Å². The Morgan fingerprint density at radius 2 is 1.85 bits per heavy atom. The van der Waals surface area contributed by atoms with Crippen LogP contribution in [0, 0.1) is 11.8 Å². The summed E-state index contributed by atoms with van der Waals surface area (Å²) in [5.41, 5.74) is 1.21. The molecule has 1 aliphatic heterocycles. The summed E-state index contributed by atoms with van der Waals surface area (Å²) in [5, 5.41) is 20.7. The Morgan fingerprint density at radius 1 is 1.04 bits per heavy atom. The van der Waals surface area contributed by atoms with Gasteiger partial charge in [-0.15, -0.1) is 0 Å². The number of benzene rings is 1. The van der Waals surface area contributed by atoms with Crippen molar-refractivity contribution in [3.63, 3.8) is 0 Å². The molecule has 27 heavy (non-hydrogen) atoms. The van der Waals surface area contributed by atoms with E-state index in [-0.39, 0.29) is 23.9 Å². The number of aliphatic hydroxyl groups excluding tert-OH is 2. The van der Waals surface area contributed by atoms with Crippen LogP contribution in [0.4, 0.5) is 0 Å². The van der Waals surface area contributed by atoms with Gasteiger partial charge in [-0.05, 0) is 49.7 Å². The van der Waals surface area contributed by atoms with Crippen molar-refractivity contribution in [1.29, 1.82) is 0 Å². The highest BCUT2D eigenvalue weighted by molar-refractivity contribution is 5.69. The number of fused-ring (bicyclic) bond motifs is 1. The van der Waals surface area contributed by atoms with E-state index in [9.17, 15) is 15.0 Å². The fraction of sp³-hybridized carbons (Fsp3) is 0.522. The lowest BCUT2D eigenvalue weighted by atomic mass is 9.89. The molecule has 0 saturated heterocycles. The third-order valence-electron chi connectivity index (χ3n) is 5.63. The average Bonchev–Trinajstić information content (AvgIpc) is 2.94. The second-order valence-corrected chi connectivity index (χ2v) is 7.65. The summed E-state index contributed by atoms with van der Waals surface area (Å²) in [6.07, 6.45) is 11.4. The summed E-state index contributed by atoms with van der Waals surface area (Å²) in [6, 6.07) is 10.2. The number of hydrogen-bond acceptors (Lipinski definition) is 4. The van der Waals surface area contributed by atoms with Crippen molar-refractivity contribution >= 4 is 5.97 Å². The molecule has 0 radical (unpaired) electrons. The number of hydrogen-bond donors (Lipinski definition) is 2. The van der Waals surface area contributed by atoms with Gasteiger partial charge < -0.3 is 14.9 Å². The Bertz CT molecular complexity index is 652. The third-order valence-corrected chi connectivity index (χ3v) is 5.63. The molecular formula is C23H30O4. The number of allylic oxidation sites excluding steroid dienone is 2. The van der Waals surface area contributed by atoms with E-state index in [1.807, 2.05) is 30.4 Å². The molecule has 1 aromatic carbocycles. The van der Waals surface area contributed by atoms with Gasteiger partial charge in [-0.25, -0.2) is 0 Å². The first kappa shape index (κ1) is 19.8. The summed E-state index contributed by atoms with van der Waals surface area (Å²) in [6.45, 7) is 0. The smallest absolute Gasteiger partial charge is 0.306 e. The van der Waals surface area contributed by atoms with Crippen LogP contribution in [0.5, 0.6) is 0 Å². The van der Waals surface area contributed by atoms with Gasteiger partial charge in [0.2, 0.25) is 0 Å². The van der Waals surface area contributed by atoms with Crippen LogP contribution in [0.2, 0.25) is 0 Å². The predicted molar refractivity (Wildman–Crippen MR) is 105 cm³/mol. The molecule has 0 amide bonds. The maximum Gasteiger partial charge on any atom is 0.306 e. The van der Waals surface area contributed by atoms with Gasteiger partial charge in [-0.3, -0.25) is 4.79 Å². The van der Waals surface area contributed by atoms with Crippen LogP contribution in [-0.4, -0.2) is 34.5 Å². The molecule has 1 heterocycles. The van der Waals surface area contributed by atoms with Crippen LogP contribution >= 0.6 is 0 Å². The van der Waals surface area contributed by atoms with Crippen LogP contribution < -0.4 is 0 Å². The highest BCUT2D eigenvalue weighted by Gasteiger charge is 2.39. The zero-order valence-electron chi connectivity index (χ0n) is 15.7. The monoisotopic (exact) mass is 370 g/mol. The van der Waals surface area contributed by atoms with Crippen molar-refractivity contribution in [1.82, 2.24) is 0 Å². The van der Waals surface area contributed by atoms with Crippen LogP contribution in [-0.2, 0) is 16.0 Å². The first-order chi connectivity index (χ1) is 13.1. The molecule has 146 valence electrons. The number of cyclic esters (lactones) is 1. The molecule has 5 atom stereocenters. The fourth-order valence-electron chi connectivity index (χ4n) is 4.07. The van der Waals surface area contributed by atoms with E-state index in [1.54, 1.807) is 0 Å². The lowest BCUT2D eigenvalue weighted by Crippen LogP contribution is -2.21. The number of ether oxygens (including phenoxy) is 1. The van der Waals surface area contributed by atoms with Crippen molar-refractivity contribution in [2.24, 2.45) is 11.8 Å². The van der Waals surface area contributed by atoms with Crippen LogP contribution in [0.3, 0.4) is 0 Å². The van der Waals surface area contributed by atoms with Gasteiger partial charge in [0.25, 0.3) is 0 Å². The number of carbonyl (C=O) groups excluding carboxylic acids is 1. The van der Waals surface area contributed by atoms with Crippen LogP contribution in [0.15, 0.2) is 54.6 Å². The normalized spacial score (nSPS) is 34.4. The van der Waals surface area contributed by atoms with Crippen molar-refractivity contribution in [2.75, 3.05) is 0 Å². The quantitative estimate of drug-likeness (QED) is 0.630. The van der Waals surface area contributed by atoms with Gasteiger partial charge in [0, 0.05) is 18.8 Å². The fourth-order valence-corrected chi connectivity index (χ4v) is 4.07. The minimum Gasteiger partial charge on any atom is -0.458 e. The highest BCUT2D eigenvalue weighted by Crippen LogP contribution is 2.36. The topological polar surface area (TPSA) is 66.8 Å². The van der Waals surface area contributed by atoms with E-state index >= 15 is 0 Å². The molecule has 0 bridgehead atoms. The molecule has 2 aliphatic rings. The number of carbonyl (C=O) groups is 1. The molecule has 1 fully saturated rings. The van der Waals surface area contributed by atoms with Gasteiger partial charge in [0.05, 0.1) is 12.2 Å². The zero-order chi connectivity index (χ0) is 19.1. The third kappa shape index (κ3) is 5.78. The molecule has 1 aliphatic carbocycles.